The molecule has 3 rings (SSSR count). The Kier molecular flexibility index (Phi) is 7.49. The summed E-state index contributed by atoms with van der Waals surface area (Å²) in [4.78, 5) is 29.0. The molecule has 1 amide bonds. The van der Waals surface area contributed by atoms with Gasteiger partial charge in [0, 0.05) is 22.1 Å². The number of nitrogens with zero attached hydrogens (tertiary/aromatic N) is 1. The molecule has 8 heteroatoms. The van der Waals surface area contributed by atoms with Crippen LogP contribution < -0.4 is 5.32 Å². The SMILES string of the molecule is CCOC(=O)C(C)=C(C)c1ccc(C(=O)Nc2nc(-c3ccc(Cl)c(Cl)c3)cs2)cc1. The van der Waals surface area contributed by atoms with Gasteiger partial charge in [-0.2, -0.15) is 0 Å². The molecule has 0 atom stereocenters. The second-order valence-electron chi connectivity index (χ2n) is 6.67. The van der Waals surface area contributed by atoms with Crippen molar-refractivity contribution in [3.8, 4) is 11.3 Å². The zero-order valence-corrected chi connectivity index (χ0v) is 19.5. The Morgan fingerprint density at radius 2 is 1.71 bits per heavy atom. The number of esters is 1. The highest BCUT2D eigenvalue weighted by Gasteiger charge is 2.13. The van der Waals surface area contributed by atoms with Gasteiger partial charge in [0.05, 0.1) is 22.3 Å². The third-order valence-electron chi connectivity index (χ3n) is 4.66. The van der Waals surface area contributed by atoms with Crippen molar-refractivity contribution >= 4 is 57.1 Å². The number of benzene rings is 2. The van der Waals surface area contributed by atoms with Crippen LogP contribution in [-0.4, -0.2) is 23.5 Å². The van der Waals surface area contributed by atoms with Gasteiger partial charge >= 0.3 is 5.97 Å². The summed E-state index contributed by atoms with van der Waals surface area (Å²) in [5, 5.41) is 6.04. The first-order valence-corrected chi connectivity index (χ1v) is 11.1. The van der Waals surface area contributed by atoms with Crippen molar-refractivity contribution in [2.45, 2.75) is 20.8 Å². The van der Waals surface area contributed by atoms with Gasteiger partial charge in [-0.1, -0.05) is 41.4 Å². The van der Waals surface area contributed by atoms with Crippen LogP contribution in [0.2, 0.25) is 10.0 Å². The molecule has 0 spiro atoms. The molecule has 0 aliphatic carbocycles. The van der Waals surface area contributed by atoms with Crippen LogP contribution in [0.4, 0.5) is 5.13 Å². The highest BCUT2D eigenvalue weighted by molar-refractivity contribution is 7.14. The van der Waals surface area contributed by atoms with Gasteiger partial charge in [-0.25, -0.2) is 9.78 Å². The van der Waals surface area contributed by atoms with Crippen molar-refractivity contribution in [2.75, 3.05) is 11.9 Å². The summed E-state index contributed by atoms with van der Waals surface area (Å²) in [6, 6.07) is 12.3. The first-order chi connectivity index (χ1) is 14.8. The highest BCUT2D eigenvalue weighted by Crippen LogP contribution is 2.30. The van der Waals surface area contributed by atoms with Gasteiger partial charge in [0.15, 0.2) is 5.13 Å². The smallest absolute Gasteiger partial charge is 0.333 e. The molecule has 0 saturated carbocycles. The highest BCUT2D eigenvalue weighted by atomic mass is 35.5. The number of ether oxygens (including phenoxy) is 1. The van der Waals surface area contributed by atoms with Crippen LogP contribution in [-0.2, 0) is 9.53 Å². The van der Waals surface area contributed by atoms with Crippen LogP contribution in [0.15, 0.2) is 53.4 Å². The van der Waals surface area contributed by atoms with E-state index in [-0.39, 0.29) is 11.9 Å². The van der Waals surface area contributed by atoms with Crippen LogP contribution in [0.3, 0.4) is 0 Å². The zero-order chi connectivity index (χ0) is 22.5. The molecule has 0 bridgehead atoms. The number of thiazole rings is 1. The second-order valence-corrected chi connectivity index (χ2v) is 8.34. The van der Waals surface area contributed by atoms with E-state index in [4.69, 9.17) is 27.9 Å². The van der Waals surface area contributed by atoms with Crippen molar-refractivity contribution in [3.05, 3.63) is 74.6 Å². The van der Waals surface area contributed by atoms with E-state index in [0.717, 1.165) is 16.7 Å². The summed E-state index contributed by atoms with van der Waals surface area (Å²) >= 11 is 13.3. The molecule has 3 aromatic rings. The van der Waals surface area contributed by atoms with Crippen molar-refractivity contribution in [1.29, 1.82) is 0 Å². The zero-order valence-electron chi connectivity index (χ0n) is 17.2. The number of nitrogens with one attached hydrogen (secondary N) is 1. The average molecular weight is 475 g/mol. The molecule has 160 valence electrons. The van der Waals surface area contributed by atoms with E-state index >= 15 is 0 Å². The molecular weight excluding hydrogens is 455 g/mol. The molecule has 0 aliphatic rings. The van der Waals surface area contributed by atoms with Crippen molar-refractivity contribution in [3.63, 3.8) is 0 Å². The Labute approximate surface area is 194 Å². The van der Waals surface area contributed by atoms with Gasteiger partial charge in [0.25, 0.3) is 5.91 Å². The van der Waals surface area contributed by atoms with E-state index in [9.17, 15) is 9.59 Å². The molecule has 1 heterocycles. The van der Waals surface area contributed by atoms with Gasteiger partial charge in [-0.15, -0.1) is 11.3 Å². The Morgan fingerprint density at radius 3 is 2.35 bits per heavy atom. The topological polar surface area (TPSA) is 68.3 Å². The molecule has 0 unspecified atom stereocenters. The fourth-order valence-electron chi connectivity index (χ4n) is 2.77. The van der Waals surface area contributed by atoms with E-state index in [2.05, 4.69) is 10.3 Å². The molecule has 1 aromatic heterocycles. The lowest BCUT2D eigenvalue weighted by Gasteiger charge is -2.08. The summed E-state index contributed by atoms with van der Waals surface area (Å²) in [5.74, 6) is -0.617. The number of aromatic nitrogens is 1. The summed E-state index contributed by atoms with van der Waals surface area (Å²) in [5.41, 5.74) is 4.18. The van der Waals surface area contributed by atoms with Crippen molar-refractivity contribution < 1.29 is 14.3 Å². The number of carbonyl (C=O) groups is 2. The molecule has 1 N–H and O–H groups in total. The van der Waals surface area contributed by atoms with Crippen molar-refractivity contribution in [1.82, 2.24) is 4.98 Å². The van der Waals surface area contributed by atoms with E-state index in [1.54, 1.807) is 50.2 Å². The minimum atomic E-state index is -0.344. The van der Waals surface area contributed by atoms with Gasteiger partial charge in [-0.3, -0.25) is 10.1 Å². The summed E-state index contributed by atoms with van der Waals surface area (Å²) in [6.45, 7) is 5.67. The lowest BCUT2D eigenvalue weighted by atomic mass is 10.0. The van der Waals surface area contributed by atoms with E-state index in [0.29, 0.717) is 38.6 Å². The Bertz CT molecular complexity index is 1150. The predicted molar refractivity (Wildman–Crippen MR) is 127 cm³/mol. The number of hydrogen-bond acceptors (Lipinski definition) is 5. The Balaban J connectivity index is 1.71. The second kappa shape index (κ2) is 10.1. The van der Waals surface area contributed by atoms with Crippen LogP contribution in [0, 0.1) is 0 Å². The summed E-state index contributed by atoms with van der Waals surface area (Å²) < 4.78 is 5.04. The molecule has 0 radical (unpaired) electrons. The lowest BCUT2D eigenvalue weighted by molar-refractivity contribution is -0.138. The average Bonchev–Trinajstić information content (AvgIpc) is 3.23. The molecule has 0 saturated heterocycles. The largest absolute Gasteiger partial charge is 0.463 e. The van der Waals surface area contributed by atoms with Crippen LogP contribution in [0.1, 0.15) is 36.7 Å². The molecule has 0 fully saturated rings. The van der Waals surface area contributed by atoms with Gasteiger partial charge in [-0.05, 0) is 56.2 Å². The number of amides is 1. The van der Waals surface area contributed by atoms with E-state index in [1.165, 1.54) is 11.3 Å². The van der Waals surface area contributed by atoms with Crippen LogP contribution >= 0.6 is 34.5 Å². The lowest BCUT2D eigenvalue weighted by Crippen LogP contribution is -2.11. The number of halogens is 2. The fourth-order valence-corrected chi connectivity index (χ4v) is 3.78. The molecule has 0 aliphatic heterocycles. The fraction of sp³-hybridized carbons (Fsp3) is 0.174. The van der Waals surface area contributed by atoms with Gasteiger partial charge in [0.1, 0.15) is 0 Å². The Morgan fingerprint density at radius 1 is 1.03 bits per heavy atom. The normalized spacial score (nSPS) is 11.6. The number of rotatable bonds is 6. The molecule has 2 aromatic carbocycles. The number of carbonyl (C=O) groups excluding carboxylic acids is 2. The number of hydrogen-bond donors (Lipinski definition) is 1. The molecule has 31 heavy (non-hydrogen) atoms. The minimum Gasteiger partial charge on any atom is -0.463 e. The first-order valence-electron chi connectivity index (χ1n) is 9.47. The maximum Gasteiger partial charge on any atom is 0.333 e. The quantitative estimate of drug-likeness (QED) is 0.317. The van der Waals surface area contributed by atoms with Gasteiger partial charge in [0.2, 0.25) is 0 Å². The van der Waals surface area contributed by atoms with E-state index in [1.807, 2.05) is 18.4 Å². The third-order valence-corrected chi connectivity index (χ3v) is 6.16. The van der Waals surface area contributed by atoms with Crippen LogP contribution in [0.25, 0.3) is 16.8 Å². The predicted octanol–water partition coefficient (Wildman–Crippen LogP) is 6.73. The van der Waals surface area contributed by atoms with Gasteiger partial charge < -0.3 is 4.74 Å². The van der Waals surface area contributed by atoms with E-state index < -0.39 is 0 Å². The maximum absolute atomic E-state index is 12.6. The molecular formula is C23H20Cl2N2O3S. The van der Waals surface area contributed by atoms with Crippen molar-refractivity contribution in [2.24, 2.45) is 0 Å². The number of anilines is 1. The maximum atomic E-state index is 12.6. The minimum absolute atomic E-state index is 0.273. The summed E-state index contributed by atoms with van der Waals surface area (Å²) in [6.07, 6.45) is 0. The number of allylic oxidation sites excluding steroid dienone is 1. The third kappa shape index (κ3) is 5.53. The van der Waals surface area contributed by atoms with Crippen LogP contribution in [0.5, 0.6) is 0 Å². The monoisotopic (exact) mass is 474 g/mol. The summed E-state index contributed by atoms with van der Waals surface area (Å²) in [7, 11) is 0. The molecule has 5 nitrogen and oxygen atoms in total. The Hall–Kier alpha value is -2.67. The standard InChI is InChI=1S/C23H20Cl2N2O3S/c1-4-30-22(29)14(3)13(2)15-5-7-16(8-6-15)21(28)27-23-26-20(12-31-23)17-9-10-18(24)19(25)11-17/h5-12H,4H2,1-3H3,(H,26,27,28). The first kappa shape index (κ1) is 23.0.